The van der Waals surface area contributed by atoms with E-state index in [9.17, 15) is 27.9 Å². The Kier molecular flexibility index (Phi) is 9.96. The first-order valence-corrected chi connectivity index (χ1v) is 14.4. The quantitative estimate of drug-likeness (QED) is 0.194. The van der Waals surface area contributed by atoms with Crippen LogP contribution in [0.1, 0.15) is 61.6 Å². The van der Waals surface area contributed by atoms with Gasteiger partial charge < -0.3 is 34.8 Å². The zero-order valence-electron chi connectivity index (χ0n) is 25.3. The van der Waals surface area contributed by atoms with Gasteiger partial charge in [0.2, 0.25) is 0 Å². The van der Waals surface area contributed by atoms with Gasteiger partial charge in [0, 0.05) is 30.7 Å². The molecule has 5 rings (SSSR count). The largest absolute Gasteiger partial charge is 0.573 e. The predicted molar refractivity (Wildman–Crippen MR) is 167 cm³/mol. The van der Waals surface area contributed by atoms with E-state index in [1.807, 2.05) is 25.3 Å². The number of aryl methyl sites for hydroxylation is 1. The lowest BCUT2D eigenvalue weighted by atomic mass is 9.80. The summed E-state index contributed by atoms with van der Waals surface area (Å²) >= 11 is 0. The Hall–Kier alpha value is -4.33. The summed E-state index contributed by atoms with van der Waals surface area (Å²) in [6, 6.07) is 12.1. The number of fused-ring (bicyclic) bond motifs is 1. The molecule has 0 bridgehead atoms. The number of ether oxygens (including phenoxy) is 1. The van der Waals surface area contributed by atoms with Crippen molar-refractivity contribution < 1.29 is 37.9 Å². The molecule has 5 N–H and O–H groups in total. The summed E-state index contributed by atoms with van der Waals surface area (Å²) in [4.78, 5) is 28.3. The Labute approximate surface area is 258 Å². The van der Waals surface area contributed by atoms with E-state index in [2.05, 4.69) is 27.2 Å². The highest BCUT2D eigenvalue weighted by molar-refractivity contribution is 6.58. The topological polar surface area (TPSA) is 137 Å². The molecule has 13 heteroatoms. The number of benzene rings is 2. The molecule has 2 heterocycles. The third-order valence-corrected chi connectivity index (χ3v) is 7.36. The Morgan fingerprint density at radius 1 is 1.07 bits per heavy atom. The number of aromatic nitrogens is 2. The Balaban J connectivity index is 0.000000276. The van der Waals surface area contributed by atoms with Crippen molar-refractivity contribution in [3.05, 3.63) is 88.0 Å². The van der Waals surface area contributed by atoms with E-state index >= 15 is 0 Å². The van der Waals surface area contributed by atoms with Gasteiger partial charge in [-0.1, -0.05) is 30.3 Å². The number of carbonyl (C=O) groups is 1. The summed E-state index contributed by atoms with van der Waals surface area (Å²) in [7, 11) is 0.0154. The number of H-pyrrole nitrogens is 1. The Morgan fingerprint density at radius 3 is 2.31 bits per heavy atom. The maximum atomic E-state index is 12.8. The highest BCUT2D eigenvalue weighted by Gasteiger charge is 2.31. The molecule has 0 atom stereocenters. The van der Waals surface area contributed by atoms with Crippen molar-refractivity contribution in [2.24, 2.45) is 7.05 Å². The second-order valence-electron chi connectivity index (χ2n) is 11.2. The predicted octanol–water partition coefficient (Wildman–Crippen LogP) is 4.34. The van der Waals surface area contributed by atoms with Crippen molar-refractivity contribution in [2.75, 3.05) is 6.54 Å². The maximum absolute atomic E-state index is 12.8. The van der Waals surface area contributed by atoms with Gasteiger partial charge in [0.05, 0.1) is 5.60 Å². The Bertz CT molecular complexity index is 1770. The Morgan fingerprint density at radius 2 is 1.76 bits per heavy atom. The normalized spacial score (nSPS) is 13.2. The van der Waals surface area contributed by atoms with Crippen LogP contribution in [0.15, 0.2) is 65.6 Å². The second kappa shape index (κ2) is 13.3. The molecule has 1 aliphatic rings. The van der Waals surface area contributed by atoms with Crippen molar-refractivity contribution in [3.8, 4) is 16.9 Å². The highest BCUT2D eigenvalue weighted by atomic mass is 19.4. The first-order chi connectivity index (χ1) is 21.1. The van der Waals surface area contributed by atoms with E-state index in [1.165, 1.54) is 5.57 Å². The fourth-order valence-electron chi connectivity index (χ4n) is 5.11. The van der Waals surface area contributed by atoms with E-state index in [1.54, 1.807) is 31.5 Å². The first kappa shape index (κ1) is 33.6. The molecule has 9 nitrogen and oxygen atoms in total. The molecule has 238 valence electrons. The van der Waals surface area contributed by atoms with Gasteiger partial charge >= 0.3 is 13.5 Å². The van der Waals surface area contributed by atoms with Gasteiger partial charge in [-0.3, -0.25) is 9.59 Å². The molecule has 45 heavy (non-hydrogen) atoms. The van der Waals surface area contributed by atoms with Crippen LogP contribution in [0.3, 0.4) is 0 Å². The van der Waals surface area contributed by atoms with Gasteiger partial charge in [0.1, 0.15) is 17.0 Å². The molecular weight excluding hydrogens is 590 g/mol. The molecule has 2 aromatic carbocycles. The minimum Gasteiger partial charge on any atom is -0.423 e. The number of nitrogens with zero attached hydrogens (tertiary/aromatic N) is 1. The second-order valence-corrected chi connectivity index (χ2v) is 11.2. The number of aromatic amines is 1. The minimum absolute atomic E-state index is 0.0968. The first-order valence-electron chi connectivity index (χ1n) is 14.4. The van der Waals surface area contributed by atoms with Crippen molar-refractivity contribution in [1.82, 2.24) is 14.9 Å². The number of carbonyl (C=O) groups excluding carboxylic acids is 1. The molecule has 0 radical (unpaired) electrons. The van der Waals surface area contributed by atoms with Crippen molar-refractivity contribution in [2.45, 2.75) is 52.0 Å². The van der Waals surface area contributed by atoms with Crippen LogP contribution in [-0.4, -0.2) is 50.6 Å². The number of amides is 1. The van der Waals surface area contributed by atoms with Crippen molar-refractivity contribution in [3.63, 3.8) is 0 Å². The lowest BCUT2D eigenvalue weighted by Gasteiger charge is -2.21. The number of hydrogen-bond donors (Lipinski definition) is 5. The van der Waals surface area contributed by atoms with Crippen molar-refractivity contribution >= 4 is 35.0 Å². The van der Waals surface area contributed by atoms with Crippen LogP contribution in [0.25, 0.3) is 27.6 Å². The molecule has 0 aliphatic heterocycles. The fraction of sp³-hybridized carbons (Fsp3) is 0.312. The SMILES string of the molecule is CCNC(=O)c1cc2c(-c3cc(C(C)(C)O)ccc3C3=CCCC3)cn(C)c(=O)c2[nH]1.OB(O)c1ccc(OC(F)(F)F)cc1. The van der Waals surface area contributed by atoms with E-state index < -0.39 is 24.8 Å². The number of hydrogen-bond acceptors (Lipinski definition) is 6. The summed E-state index contributed by atoms with van der Waals surface area (Å²) in [5, 5.41) is 31.4. The molecule has 0 fully saturated rings. The minimum atomic E-state index is -4.74. The molecule has 0 saturated carbocycles. The van der Waals surface area contributed by atoms with Crippen molar-refractivity contribution in [1.29, 1.82) is 0 Å². The molecule has 0 saturated heterocycles. The summed E-state index contributed by atoms with van der Waals surface area (Å²) in [6.45, 7) is 5.89. The van der Waals surface area contributed by atoms with Crippen LogP contribution in [0.2, 0.25) is 0 Å². The third-order valence-electron chi connectivity index (χ3n) is 7.36. The number of allylic oxidation sites excluding steroid dienone is 2. The van der Waals surface area contributed by atoms with Crippen LogP contribution < -0.4 is 21.1 Å². The van der Waals surface area contributed by atoms with E-state index in [-0.39, 0.29) is 16.9 Å². The van der Waals surface area contributed by atoms with Gasteiger partial charge in [0.15, 0.2) is 0 Å². The molecule has 1 amide bonds. The van der Waals surface area contributed by atoms with Gasteiger partial charge in [-0.2, -0.15) is 0 Å². The summed E-state index contributed by atoms with van der Waals surface area (Å²) in [5.41, 5.74) is 4.67. The molecule has 0 unspecified atom stereocenters. The van der Waals surface area contributed by atoms with Gasteiger partial charge in [0.25, 0.3) is 11.5 Å². The maximum Gasteiger partial charge on any atom is 0.573 e. The number of rotatable bonds is 7. The molecule has 2 aromatic heterocycles. The van der Waals surface area contributed by atoms with Crippen LogP contribution in [-0.2, 0) is 12.6 Å². The standard InChI is InChI=1S/C25H29N3O3.C7H6BF3O3/c1-5-26-23(29)21-13-19-20(14-28(4)24(30)22(19)27-21)18-12-16(25(2,3)31)10-11-17(18)15-8-6-7-9-15;9-7(10,11)14-6-3-1-5(2-4-6)8(12)13/h8,10-14,27,31H,5-7,9H2,1-4H3,(H,26,29);1-4,12-13H. The lowest BCUT2D eigenvalue weighted by Crippen LogP contribution is -2.29. The van der Waals surface area contributed by atoms with Gasteiger partial charge in [-0.25, -0.2) is 0 Å². The smallest absolute Gasteiger partial charge is 0.423 e. The van der Waals surface area contributed by atoms with Crippen LogP contribution in [0.5, 0.6) is 5.75 Å². The zero-order chi connectivity index (χ0) is 33.1. The monoisotopic (exact) mass is 625 g/mol. The summed E-state index contributed by atoms with van der Waals surface area (Å²) < 4.78 is 40.2. The van der Waals surface area contributed by atoms with Crippen LogP contribution in [0.4, 0.5) is 13.2 Å². The van der Waals surface area contributed by atoms with Crippen LogP contribution >= 0.6 is 0 Å². The number of pyridine rings is 1. The van der Waals surface area contributed by atoms with E-state index in [0.717, 1.165) is 65.8 Å². The van der Waals surface area contributed by atoms with Gasteiger partial charge in [-0.05, 0) is 92.0 Å². The summed E-state index contributed by atoms with van der Waals surface area (Å²) in [5.74, 6) is -0.641. The highest BCUT2D eigenvalue weighted by Crippen LogP contribution is 2.39. The zero-order valence-corrected chi connectivity index (χ0v) is 25.3. The number of halogens is 3. The number of nitrogens with one attached hydrogen (secondary N) is 2. The van der Waals surface area contributed by atoms with Gasteiger partial charge in [-0.15, -0.1) is 13.2 Å². The number of alkyl halides is 3. The van der Waals surface area contributed by atoms with Crippen LogP contribution in [0, 0.1) is 0 Å². The van der Waals surface area contributed by atoms with E-state index in [4.69, 9.17) is 10.0 Å². The van der Waals surface area contributed by atoms with E-state index in [0.29, 0.717) is 23.1 Å². The summed E-state index contributed by atoms with van der Waals surface area (Å²) in [6.07, 6.45) is 2.52. The average molecular weight is 625 g/mol. The molecule has 1 aliphatic carbocycles. The molecular formula is C32H35BF3N3O6. The molecule has 0 spiro atoms. The number of aliphatic hydroxyl groups is 1. The molecule has 4 aromatic rings. The average Bonchev–Trinajstić information content (AvgIpc) is 3.66. The lowest BCUT2D eigenvalue weighted by molar-refractivity contribution is -0.274. The third kappa shape index (κ3) is 8.04. The fourth-order valence-corrected chi connectivity index (χ4v) is 5.11.